The van der Waals surface area contributed by atoms with E-state index in [-0.39, 0.29) is 69.0 Å². The molecule has 0 aliphatic carbocycles. The van der Waals surface area contributed by atoms with Crippen molar-refractivity contribution in [2.24, 2.45) is 0 Å². The minimum Gasteiger partial charge on any atom is -0.502 e. The highest BCUT2D eigenvalue weighted by molar-refractivity contribution is 6.01. The Morgan fingerprint density at radius 3 is 0.647 bits per heavy atom. The molecule has 16 heteroatoms. The third-order valence-corrected chi connectivity index (χ3v) is 11.8. The predicted molar refractivity (Wildman–Crippen MR) is 260 cm³/mol. The first-order valence-corrected chi connectivity index (χ1v) is 20.9. The molecule has 6 N–H and O–H groups in total. The van der Waals surface area contributed by atoms with Crippen LogP contribution in [-0.4, -0.2) is 97.2 Å². The first-order valence-electron chi connectivity index (χ1n) is 20.9. The van der Waals surface area contributed by atoms with E-state index in [1.165, 1.54) is 56.9 Å². The van der Waals surface area contributed by atoms with Crippen molar-refractivity contribution in [3.8, 4) is 114 Å². The van der Waals surface area contributed by atoms with E-state index >= 15 is 0 Å². The van der Waals surface area contributed by atoms with Crippen LogP contribution in [0.15, 0.2) is 72.8 Å². The highest BCUT2D eigenvalue weighted by Gasteiger charge is 2.24. The Morgan fingerprint density at radius 2 is 0.485 bits per heavy atom. The molecular weight excluding hydrogens is 873 g/mol. The zero-order valence-electron chi connectivity index (χ0n) is 38.2. The fourth-order valence-corrected chi connectivity index (χ4v) is 8.57. The van der Waals surface area contributed by atoms with Crippen LogP contribution in [-0.2, 0) is 0 Å². The third kappa shape index (κ3) is 7.46. The van der Waals surface area contributed by atoms with Gasteiger partial charge < -0.3 is 68.3 Å². The molecule has 16 nitrogen and oxygen atoms in total. The zero-order valence-corrected chi connectivity index (χ0v) is 38.2. The van der Waals surface area contributed by atoms with Gasteiger partial charge in [0.15, 0.2) is 46.0 Å². The average Bonchev–Trinajstić information content (AvgIpc) is 4.21. The lowest BCUT2D eigenvalue weighted by Gasteiger charge is -2.13. The third-order valence-electron chi connectivity index (χ3n) is 11.8. The van der Waals surface area contributed by atoms with Gasteiger partial charge in [0.1, 0.15) is 0 Å². The quantitative estimate of drug-likeness (QED) is 0.0673. The molecule has 9 rings (SSSR count). The number of hydrogen-bond donors (Lipinski definition) is 6. The summed E-state index contributed by atoms with van der Waals surface area (Å²) in [6, 6.07) is 21.3. The van der Waals surface area contributed by atoms with Crippen LogP contribution in [0.3, 0.4) is 0 Å². The van der Waals surface area contributed by atoms with Crippen LogP contribution >= 0.6 is 0 Å². The fourth-order valence-electron chi connectivity index (χ4n) is 8.57. The lowest BCUT2D eigenvalue weighted by Crippen LogP contribution is -1.94. The second kappa shape index (κ2) is 17.8. The van der Waals surface area contributed by atoms with E-state index in [2.05, 4.69) is 9.97 Å². The van der Waals surface area contributed by atoms with Crippen molar-refractivity contribution < 1.29 is 58.3 Å². The van der Waals surface area contributed by atoms with Gasteiger partial charge in [-0.05, 0) is 119 Å². The minimum absolute atomic E-state index is 0.173. The van der Waals surface area contributed by atoms with Crippen molar-refractivity contribution >= 4 is 46.4 Å². The van der Waals surface area contributed by atoms with Crippen LogP contribution < -0.4 is 37.9 Å². The van der Waals surface area contributed by atoms with Gasteiger partial charge in [0.05, 0.1) is 79.7 Å². The summed E-state index contributed by atoms with van der Waals surface area (Å²) in [4.78, 5) is 17.9. The van der Waals surface area contributed by atoms with Crippen LogP contribution in [0.5, 0.6) is 69.0 Å². The summed E-state index contributed by atoms with van der Waals surface area (Å²) < 4.78 is 45.1. The lowest BCUT2D eigenvalue weighted by atomic mass is 10.0. The molecule has 4 aromatic carbocycles. The van der Waals surface area contributed by atoms with Gasteiger partial charge in [-0.15, -0.1) is 0 Å². The van der Waals surface area contributed by atoms with Gasteiger partial charge >= 0.3 is 0 Å². The number of phenols is 4. The number of aromatic nitrogens is 4. The van der Waals surface area contributed by atoms with Crippen molar-refractivity contribution in [3.05, 3.63) is 95.6 Å². The van der Waals surface area contributed by atoms with Crippen molar-refractivity contribution in [1.82, 2.24) is 19.9 Å². The number of phenolic OH excluding ortho intramolecular Hbond substituents is 4. The second-order valence-electron chi connectivity index (χ2n) is 15.4. The molecule has 346 valence electrons. The number of ether oxygens (including phenoxy) is 8. The van der Waals surface area contributed by atoms with Crippen molar-refractivity contribution in [3.63, 3.8) is 0 Å². The number of aromatic hydroxyl groups is 4. The van der Waals surface area contributed by atoms with Crippen LogP contribution in [0.1, 0.15) is 22.8 Å². The Labute approximate surface area is 389 Å². The SMILES string of the molecule is COc1cc(-c2c3nc(c(-c4cc(OC)c(O)c(OC)c4)c4ccc([nH]4)c(-c4cc(OC)c(O)c(OC)c4)c4nc(c(-c5cc(OC)c(O)c(OC)c5)c5ccc2[nH]5)C=C4)C=C3)cc(OC)c1O. The Kier molecular flexibility index (Phi) is 11.6. The standard InChI is InChI=1S/C52H46N4O12/c1-61-37-17-25(18-38(62-2)49(37)57)45-29-9-11-31(53-29)46(26-19-39(63-3)50(58)40(20-26)64-4)33-13-15-35(55-33)48(28-23-43(67-7)52(60)44(24-28)68-8)36-16-14-34(56-36)47(32-12-10-30(45)54-32)27-21-41(65-5)51(59)42(22-27)66-6/h9-24,53,56-60H,1-8H3. The fraction of sp³-hybridized carbons (Fsp3) is 0.154. The Balaban J connectivity index is 1.52. The largest absolute Gasteiger partial charge is 0.502 e. The molecule has 3 aromatic heterocycles. The number of aromatic amines is 2. The van der Waals surface area contributed by atoms with E-state index in [0.29, 0.717) is 89.4 Å². The van der Waals surface area contributed by atoms with E-state index in [1.807, 2.05) is 48.6 Å². The second-order valence-corrected chi connectivity index (χ2v) is 15.4. The van der Waals surface area contributed by atoms with Gasteiger partial charge in [0.2, 0.25) is 23.0 Å². The summed E-state index contributed by atoms with van der Waals surface area (Å²) in [5.41, 5.74) is 9.36. The number of hydrogen-bond acceptors (Lipinski definition) is 14. The Morgan fingerprint density at radius 1 is 0.309 bits per heavy atom. The molecule has 0 spiro atoms. The Hall–Kier alpha value is -8.92. The van der Waals surface area contributed by atoms with Crippen LogP contribution in [0.25, 0.3) is 90.9 Å². The monoisotopic (exact) mass is 918 g/mol. The van der Waals surface area contributed by atoms with Crippen molar-refractivity contribution in [2.75, 3.05) is 56.9 Å². The number of rotatable bonds is 12. The van der Waals surface area contributed by atoms with E-state index in [0.717, 1.165) is 0 Å². The summed E-state index contributed by atoms with van der Waals surface area (Å²) in [7, 11) is 11.7. The maximum Gasteiger partial charge on any atom is 0.200 e. The molecule has 0 atom stereocenters. The molecule has 8 bridgehead atoms. The van der Waals surface area contributed by atoms with Gasteiger partial charge in [0.25, 0.3) is 0 Å². The molecular formula is C52H46N4O12. The molecule has 0 saturated carbocycles. The van der Waals surface area contributed by atoms with Crippen molar-refractivity contribution in [2.45, 2.75) is 0 Å². The minimum atomic E-state index is -0.173. The molecule has 7 aromatic rings. The number of fused-ring (bicyclic) bond motifs is 8. The molecule has 0 amide bonds. The smallest absolute Gasteiger partial charge is 0.200 e. The van der Waals surface area contributed by atoms with E-state index in [4.69, 9.17) is 47.9 Å². The predicted octanol–water partition coefficient (Wildman–Crippen LogP) is 10.2. The maximum absolute atomic E-state index is 11.0. The number of nitrogens with one attached hydrogen (secondary N) is 2. The molecule has 0 radical (unpaired) electrons. The molecule has 5 heterocycles. The highest BCUT2D eigenvalue weighted by Crippen LogP contribution is 2.48. The maximum atomic E-state index is 11.0. The van der Waals surface area contributed by atoms with Gasteiger partial charge in [-0.25, -0.2) is 9.97 Å². The van der Waals surface area contributed by atoms with Crippen LogP contribution in [0, 0.1) is 0 Å². The summed E-state index contributed by atoms with van der Waals surface area (Å²) in [5, 5.41) is 44.2. The van der Waals surface area contributed by atoms with Crippen molar-refractivity contribution in [1.29, 1.82) is 0 Å². The number of methoxy groups -OCH3 is 8. The van der Waals surface area contributed by atoms with E-state index in [1.54, 1.807) is 48.5 Å². The van der Waals surface area contributed by atoms with Gasteiger partial charge in [-0.1, -0.05) is 0 Å². The molecule has 0 unspecified atom stereocenters. The van der Waals surface area contributed by atoms with Gasteiger partial charge in [-0.3, -0.25) is 0 Å². The first kappa shape index (κ1) is 44.3. The van der Waals surface area contributed by atoms with E-state index in [9.17, 15) is 20.4 Å². The summed E-state index contributed by atoms with van der Waals surface area (Å²) >= 11 is 0. The normalized spacial score (nSPS) is 11.6. The highest BCUT2D eigenvalue weighted by atomic mass is 16.5. The Bertz CT molecular complexity index is 2870. The number of nitrogens with zero attached hydrogens (tertiary/aromatic N) is 2. The summed E-state index contributed by atoms with van der Waals surface area (Å²) in [6.45, 7) is 0. The average molecular weight is 919 g/mol. The molecule has 2 aliphatic heterocycles. The topological polar surface area (TPSA) is 212 Å². The van der Waals surface area contributed by atoms with Crippen LogP contribution in [0.4, 0.5) is 0 Å². The molecule has 0 saturated heterocycles. The zero-order chi connectivity index (χ0) is 48.0. The first-order chi connectivity index (χ1) is 33.0. The van der Waals surface area contributed by atoms with Crippen LogP contribution in [0.2, 0.25) is 0 Å². The summed E-state index contributed by atoms with van der Waals surface area (Å²) in [5.74, 6) is 0.695. The van der Waals surface area contributed by atoms with E-state index < -0.39 is 0 Å². The molecule has 68 heavy (non-hydrogen) atoms. The lowest BCUT2D eigenvalue weighted by molar-refractivity contribution is 0.340. The molecule has 0 fully saturated rings. The van der Waals surface area contributed by atoms with Gasteiger partial charge in [-0.2, -0.15) is 0 Å². The molecule has 2 aliphatic rings. The van der Waals surface area contributed by atoms with Gasteiger partial charge in [0, 0.05) is 44.3 Å². The summed E-state index contributed by atoms with van der Waals surface area (Å²) in [6.07, 6.45) is 7.52. The number of benzene rings is 4. The number of H-pyrrole nitrogens is 2.